The van der Waals surface area contributed by atoms with E-state index in [1.165, 1.54) is 0 Å². The Morgan fingerprint density at radius 2 is 1.74 bits per heavy atom. The first kappa shape index (κ1) is 20.0. The summed E-state index contributed by atoms with van der Waals surface area (Å²) >= 11 is 1.66. The molecule has 5 rings (SSSR count). The molecule has 3 heterocycles. The maximum absolute atomic E-state index is 13.6. The molecule has 1 aliphatic rings. The topological polar surface area (TPSA) is 57.0 Å². The molecule has 6 heteroatoms. The fourth-order valence-electron chi connectivity index (χ4n) is 3.84. The van der Waals surface area contributed by atoms with Crippen molar-refractivity contribution in [3.63, 3.8) is 0 Å². The number of thioether (sulfide) groups is 1. The van der Waals surface area contributed by atoms with Crippen molar-refractivity contribution >= 4 is 22.8 Å². The van der Waals surface area contributed by atoms with Crippen LogP contribution in [-0.4, -0.2) is 20.1 Å². The van der Waals surface area contributed by atoms with Gasteiger partial charge in [0.25, 0.3) is 5.56 Å². The lowest BCUT2D eigenvalue weighted by Gasteiger charge is -2.31. The first-order chi connectivity index (χ1) is 15.0. The molecular formula is C25H23N3O2S. The van der Waals surface area contributed by atoms with Gasteiger partial charge in [-0.05, 0) is 44.2 Å². The third kappa shape index (κ3) is 4.01. The van der Waals surface area contributed by atoms with Crippen molar-refractivity contribution in [2.75, 3.05) is 0 Å². The van der Waals surface area contributed by atoms with Gasteiger partial charge in [-0.3, -0.25) is 9.36 Å². The number of aromatic nitrogens is 3. The molecule has 4 aromatic rings. The van der Waals surface area contributed by atoms with Gasteiger partial charge in [-0.1, -0.05) is 36.4 Å². The van der Waals surface area contributed by atoms with Crippen LogP contribution in [0.25, 0.3) is 16.7 Å². The number of pyridine rings is 1. The average Bonchev–Trinajstić information content (AvgIpc) is 2.77. The van der Waals surface area contributed by atoms with Gasteiger partial charge in [-0.25, -0.2) is 9.97 Å². The van der Waals surface area contributed by atoms with Crippen LogP contribution in [0.3, 0.4) is 0 Å². The Kier molecular flexibility index (Phi) is 5.12. The van der Waals surface area contributed by atoms with Gasteiger partial charge in [-0.2, -0.15) is 0 Å². The second-order valence-corrected chi connectivity index (χ2v) is 9.35. The molecule has 0 spiro atoms. The van der Waals surface area contributed by atoms with Gasteiger partial charge in [0.05, 0.1) is 34.7 Å². The SMILES string of the molecule is CC1(C)Cc2nc3nc(CSc4ccccc4)n(-c4ccccc4)c(=O)c3cc2CO1. The lowest BCUT2D eigenvalue weighted by Crippen LogP contribution is -2.33. The summed E-state index contributed by atoms with van der Waals surface area (Å²) in [5.74, 6) is 1.26. The summed E-state index contributed by atoms with van der Waals surface area (Å²) in [5, 5.41) is 0.527. The molecule has 0 amide bonds. The Labute approximate surface area is 185 Å². The van der Waals surface area contributed by atoms with Gasteiger partial charge in [0.15, 0.2) is 5.65 Å². The fraction of sp³-hybridized carbons (Fsp3) is 0.240. The highest BCUT2D eigenvalue weighted by molar-refractivity contribution is 7.98. The van der Waals surface area contributed by atoms with Gasteiger partial charge in [0.1, 0.15) is 5.82 Å². The van der Waals surface area contributed by atoms with Crippen molar-refractivity contribution in [3.8, 4) is 5.69 Å². The van der Waals surface area contributed by atoms with Crippen molar-refractivity contribution < 1.29 is 4.74 Å². The van der Waals surface area contributed by atoms with Crippen molar-refractivity contribution in [3.05, 3.63) is 94.2 Å². The van der Waals surface area contributed by atoms with Gasteiger partial charge in [0, 0.05) is 16.9 Å². The molecule has 0 saturated heterocycles. The van der Waals surface area contributed by atoms with Gasteiger partial charge in [0.2, 0.25) is 0 Å². The zero-order valence-corrected chi connectivity index (χ0v) is 18.4. The van der Waals surface area contributed by atoms with E-state index in [4.69, 9.17) is 14.7 Å². The van der Waals surface area contributed by atoms with E-state index in [1.54, 1.807) is 16.3 Å². The van der Waals surface area contributed by atoms with Crippen LogP contribution >= 0.6 is 11.8 Å². The largest absolute Gasteiger partial charge is 0.370 e. The van der Waals surface area contributed by atoms with E-state index in [1.807, 2.05) is 54.6 Å². The van der Waals surface area contributed by atoms with Gasteiger partial charge >= 0.3 is 0 Å². The Bertz CT molecular complexity index is 1300. The second kappa shape index (κ2) is 7.94. The summed E-state index contributed by atoms with van der Waals surface area (Å²) in [4.78, 5) is 24.4. The van der Waals surface area contributed by atoms with Crippen molar-refractivity contribution in [1.82, 2.24) is 14.5 Å². The number of hydrogen-bond donors (Lipinski definition) is 0. The quantitative estimate of drug-likeness (QED) is 0.431. The van der Waals surface area contributed by atoms with E-state index in [0.29, 0.717) is 35.6 Å². The zero-order valence-electron chi connectivity index (χ0n) is 17.5. The molecule has 0 saturated carbocycles. The lowest BCUT2D eigenvalue weighted by atomic mass is 9.95. The Morgan fingerprint density at radius 3 is 2.48 bits per heavy atom. The Balaban J connectivity index is 1.66. The second-order valence-electron chi connectivity index (χ2n) is 8.30. The minimum absolute atomic E-state index is 0.0972. The molecule has 0 atom stereocenters. The predicted octanol–water partition coefficient (Wildman–Crippen LogP) is 4.92. The molecule has 2 aromatic carbocycles. The molecule has 0 fully saturated rings. The Morgan fingerprint density at radius 1 is 1.03 bits per heavy atom. The van der Waals surface area contributed by atoms with Crippen LogP contribution in [0.1, 0.15) is 30.9 Å². The first-order valence-electron chi connectivity index (χ1n) is 10.3. The van der Waals surface area contributed by atoms with Gasteiger partial charge < -0.3 is 4.74 Å². The van der Waals surface area contributed by atoms with Crippen LogP contribution in [0.15, 0.2) is 76.4 Å². The number of para-hydroxylation sites is 1. The highest BCUT2D eigenvalue weighted by Gasteiger charge is 2.28. The number of hydrogen-bond acceptors (Lipinski definition) is 5. The molecule has 0 N–H and O–H groups in total. The van der Waals surface area contributed by atoms with Crippen LogP contribution in [0.2, 0.25) is 0 Å². The van der Waals surface area contributed by atoms with Gasteiger partial charge in [-0.15, -0.1) is 11.8 Å². The maximum Gasteiger partial charge on any atom is 0.267 e. The first-order valence-corrected chi connectivity index (χ1v) is 11.3. The molecule has 31 heavy (non-hydrogen) atoms. The molecule has 0 bridgehead atoms. The summed E-state index contributed by atoms with van der Waals surface area (Å²) in [6.07, 6.45) is 0.704. The highest BCUT2D eigenvalue weighted by Crippen LogP contribution is 2.29. The normalized spacial score (nSPS) is 15.0. The molecule has 156 valence electrons. The van der Waals surface area contributed by atoms with Crippen LogP contribution in [0.4, 0.5) is 0 Å². The zero-order chi connectivity index (χ0) is 21.4. The van der Waals surface area contributed by atoms with E-state index < -0.39 is 0 Å². The number of ether oxygens (including phenoxy) is 1. The fourth-order valence-corrected chi connectivity index (χ4v) is 4.68. The standard InChI is InChI=1S/C25H23N3O2S/c1-25(2)14-21-17(15-30-25)13-20-23(26-21)27-22(16-31-19-11-7-4-8-12-19)28(24(20)29)18-9-5-3-6-10-18/h3-13H,14-16H2,1-2H3. The third-order valence-electron chi connectivity index (χ3n) is 5.43. The number of rotatable bonds is 4. The van der Waals surface area contributed by atoms with E-state index in [2.05, 4.69) is 26.0 Å². The summed E-state index contributed by atoms with van der Waals surface area (Å²) in [6.45, 7) is 4.58. The summed E-state index contributed by atoms with van der Waals surface area (Å²) in [6, 6.07) is 21.7. The van der Waals surface area contributed by atoms with Crippen molar-refractivity contribution in [1.29, 1.82) is 0 Å². The molecule has 5 nitrogen and oxygen atoms in total. The molecule has 0 unspecified atom stereocenters. The minimum atomic E-state index is -0.265. The predicted molar refractivity (Wildman–Crippen MR) is 124 cm³/mol. The molecule has 0 aliphatic carbocycles. The molecule has 1 aliphatic heterocycles. The highest BCUT2D eigenvalue weighted by atomic mass is 32.2. The molecular weight excluding hydrogens is 406 g/mol. The van der Waals surface area contributed by atoms with E-state index in [0.717, 1.165) is 21.8 Å². The summed E-state index contributed by atoms with van der Waals surface area (Å²) < 4.78 is 7.64. The van der Waals surface area contributed by atoms with E-state index in [9.17, 15) is 4.79 Å². The minimum Gasteiger partial charge on any atom is -0.370 e. The summed E-state index contributed by atoms with van der Waals surface area (Å²) in [7, 11) is 0. The smallest absolute Gasteiger partial charge is 0.267 e. The Hall–Kier alpha value is -2.96. The van der Waals surface area contributed by atoms with Crippen molar-refractivity contribution in [2.24, 2.45) is 0 Å². The van der Waals surface area contributed by atoms with Crippen molar-refractivity contribution in [2.45, 2.75) is 43.1 Å². The molecule has 2 aromatic heterocycles. The molecule has 0 radical (unpaired) electrons. The summed E-state index contributed by atoms with van der Waals surface area (Å²) in [5.41, 5.74) is 2.89. The van der Waals surface area contributed by atoms with Crippen LogP contribution < -0.4 is 5.56 Å². The number of nitrogens with zero attached hydrogens (tertiary/aromatic N) is 3. The monoisotopic (exact) mass is 429 g/mol. The number of fused-ring (bicyclic) bond motifs is 2. The van der Waals surface area contributed by atoms with Crippen LogP contribution in [0.5, 0.6) is 0 Å². The van der Waals surface area contributed by atoms with Crippen LogP contribution in [-0.2, 0) is 23.5 Å². The lowest BCUT2D eigenvalue weighted by molar-refractivity contribution is -0.0411. The van der Waals surface area contributed by atoms with E-state index >= 15 is 0 Å². The average molecular weight is 430 g/mol. The maximum atomic E-state index is 13.6. The third-order valence-corrected chi connectivity index (χ3v) is 6.44. The number of benzene rings is 2. The van der Waals surface area contributed by atoms with E-state index in [-0.39, 0.29) is 11.2 Å². The van der Waals surface area contributed by atoms with Crippen LogP contribution in [0, 0.1) is 0 Å².